The maximum Gasteiger partial charge on any atom is 0.387 e. The minimum Gasteiger partial charge on any atom is -0.454 e. The second-order valence-electron chi connectivity index (χ2n) is 6.88. The SMILES string of the molecule is C[C@@]1(C2CC2)NC(=O)N(CC(=O)OCC(=O)Nc2ccccc2OC(F)F)C1=O. The third-order valence-corrected chi connectivity index (χ3v) is 4.72. The second-order valence-corrected chi connectivity index (χ2v) is 6.88. The first-order valence-electron chi connectivity index (χ1n) is 8.84. The lowest BCUT2D eigenvalue weighted by Gasteiger charge is -2.20. The minimum atomic E-state index is -3.07. The van der Waals surface area contributed by atoms with Crippen molar-refractivity contribution in [2.45, 2.75) is 31.9 Å². The molecule has 29 heavy (non-hydrogen) atoms. The van der Waals surface area contributed by atoms with Crippen molar-refractivity contribution in [2.24, 2.45) is 5.92 Å². The van der Waals surface area contributed by atoms with Crippen LogP contribution in [0, 0.1) is 5.92 Å². The van der Waals surface area contributed by atoms with E-state index in [0.29, 0.717) is 0 Å². The van der Waals surface area contributed by atoms with Gasteiger partial charge in [-0.3, -0.25) is 19.3 Å². The molecule has 1 heterocycles. The van der Waals surface area contributed by atoms with Crippen molar-refractivity contribution >= 4 is 29.5 Å². The van der Waals surface area contributed by atoms with Crippen LogP contribution in [-0.2, 0) is 19.1 Å². The Balaban J connectivity index is 1.50. The summed E-state index contributed by atoms with van der Waals surface area (Å²) in [5, 5.41) is 4.88. The fraction of sp³-hybridized carbons (Fsp3) is 0.444. The molecule has 1 saturated carbocycles. The van der Waals surface area contributed by atoms with Crippen LogP contribution in [0.3, 0.4) is 0 Å². The Hall–Kier alpha value is -3.24. The number of esters is 1. The summed E-state index contributed by atoms with van der Waals surface area (Å²) in [6.45, 7) is -2.82. The Kier molecular flexibility index (Phi) is 5.66. The first kappa shape index (κ1) is 20.5. The molecule has 1 aliphatic carbocycles. The number of para-hydroxylation sites is 2. The number of anilines is 1. The number of urea groups is 1. The van der Waals surface area contributed by atoms with Gasteiger partial charge in [-0.25, -0.2) is 4.79 Å². The van der Waals surface area contributed by atoms with Gasteiger partial charge < -0.3 is 20.1 Å². The molecule has 1 aromatic rings. The van der Waals surface area contributed by atoms with Crippen LogP contribution >= 0.6 is 0 Å². The van der Waals surface area contributed by atoms with Gasteiger partial charge in [0.15, 0.2) is 6.61 Å². The smallest absolute Gasteiger partial charge is 0.387 e. The van der Waals surface area contributed by atoms with Crippen LogP contribution in [0.25, 0.3) is 0 Å². The lowest BCUT2D eigenvalue weighted by atomic mass is 9.96. The molecule has 0 aromatic heterocycles. The molecule has 0 radical (unpaired) electrons. The number of nitrogens with one attached hydrogen (secondary N) is 2. The Labute approximate surface area is 164 Å². The molecule has 1 saturated heterocycles. The van der Waals surface area contributed by atoms with Gasteiger partial charge in [-0.15, -0.1) is 0 Å². The third kappa shape index (κ3) is 4.61. The zero-order chi connectivity index (χ0) is 21.2. The molecule has 11 heteroatoms. The van der Waals surface area contributed by atoms with Crippen LogP contribution in [0.2, 0.25) is 0 Å². The summed E-state index contributed by atoms with van der Waals surface area (Å²) in [6.07, 6.45) is 1.63. The molecule has 1 aromatic carbocycles. The molecule has 0 spiro atoms. The number of ether oxygens (including phenoxy) is 2. The lowest BCUT2D eigenvalue weighted by Crippen LogP contribution is -2.46. The molecule has 3 rings (SSSR count). The van der Waals surface area contributed by atoms with E-state index in [-0.39, 0.29) is 17.4 Å². The molecule has 1 atom stereocenters. The predicted molar refractivity (Wildman–Crippen MR) is 94.0 cm³/mol. The fourth-order valence-electron chi connectivity index (χ4n) is 3.07. The summed E-state index contributed by atoms with van der Waals surface area (Å²) in [7, 11) is 0. The molecule has 2 N–H and O–H groups in total. The van der Waals surface area contributed by atoms with Gasteiger partial charge in [0.05, 0.1) is 5.69 Å². The number of imide groups is 1. The summed E-state index contributed by atoms with van der Waals surface area (Å²) in [5.74, 6) is -2.48. The van der Waals surface area contributed by atoms with Gasteiger partial charge in [0.2, 0.25) is 0 Å². The molecular formula is C18H19F2N3O6. The molecule has 156 valence electrons. The van der Waals surface area contributed by atoms with Crippen LogP contribution in [-0.4, -0.2) is 54.0 Å². The summed E-state index contributed by atoms with van der Waals surface area (Å²) < 4.78 is 33.8. The van der Waals surface area contributed by atoms with Crippen molar-refractivity contribution in [1.29, 1.82) is 0 Å². The van der Waals surface area contributed by atoms with E-state index in [0.717, 1.165) is 17.7 Å². The number of amides is 4. The molecule has 2 fully saturated rings. The molecule has 1 aliphatic heterocycles. The van der Waals surface area contributed by atoms with Crippen molar-refractivity contribution < 1.29 is 37.4 Å². The number of carbonyl (C=O) groups excluding carboxylic acids is 4. The summed E-state index contributed by atoms with van der Waals surface area (Å²) >= 11 is 0. The molecular weight excluding hydrogens is 392 g/mol. The van der Waals surface area contributed by atoms with Crippen LogP contribution in [0.5, 0.6) is 5.75 Å². The van der Waals surface area contributed by atoms with Crippen molar-refractivity contribution in [3.05, 3.63) is 24.3 Å². The van der Waals surface area contributed by atoms with E-state index in [9.17, 15) is 28.0 Å². The summed E-state index contributed by atoms with van der Waals surface area (Å²) in [4.78, 5) is 49.1. The number of nitrogens with zero attached hydrogens (tertiary/aromatic N) is 1. The minimum absolute atomic E-state index is 0.0249. The van der Waals surface area contributed by atoms with E-state index in [1.807, 2.05) is 0 Å². The van der Waals surface area contributed by atoms with Gasteiger partial charge >= 0.3 is 18.6 Å². The summed E-state index contributed by atoms with van der Waals surface area (Å²) in [6, 6.07) is 4.82. The van der Waals surface area contributed by atoms with Crippen LogP contribution in [0.1, 0.15) is 19.8 Å². The average molecular weight is 411 g/mol. The van der Waals surface area contributed by atoms with E-state index >= 15 is 0 Å². The number of halogens is 2. The Morgan fingerprint density at radius 2 is 2.00 bits per heavy atom. The average Bonchev–Trinajstić information content (AvgIpc) is 3.47. The first-order chi connectivity index (χ1) is 13.7. The standard InChI is InChI=1S/C18H19F2N3O6/c1-18(10-6-7-10)15(26)23(17(27)22-18)8-14(25)28-9-13(24)21-11-4-2-3-5-12(11)29-16(19)20/h2-5,10,16H,6-9H2,1H3,(H,21,24)(H,22,27)/t18-/m0/s1. The Morgan fingerprint density at radius 1 is 1.31 bits per heavy atom. The number of hydrogen-bond donors (Lipinski definition) is 2. The van der Waals surface area contributed by atoms with Gasteiger partial charge in [-0.1, -0.05) is 12.1 Å². The topological polar surface area (TPSA) is 114 Å². The maximum absolute atomic E-state index is 12.4. The highest BCUT2D eigenvalue weighted by Crippen LogP contribution is 2.42. The van der Waals surface area contributed by atoms with Crippen LogP contribution in [0.15, 0.2) is 24.3 Å². The number of hydrogen-bond acceptors (Lipinski definition) is 6. The molecule has 0 unspecified atom stereocenters. The van der Waals surface area contributed by atoms with Crippen molar-refractivity contribution in [3.8, 4) is 5.75 Å². The van der Waals surface area contributed by atoms with Gasteiger partial charge in [-0.2, -0.15) is 8.78 Å². The van der Waals surface area contributed by atoms with Gasteiger partial charge in [0.25, 0.3) is 11.8 Å². The van der Waals surface area contributed by atoms with E-state index < -0.39 is 49.1 Å². The highest BCUT2D eigenvalue weighted by molar-refractivity contribution is 6.09. The van der Waals surface area contributed by atoms with Crippen molar-refractivity contribution in [3.63, 3.8) is 0 Å². The molecule has 2 aliphatic rings. The zero-order valence-corrected chi connectivity index (χ0v) is 15.4. The number of benzene rings is 1. The van der Waals surface area contributed by atoms with Gasteiger partial charge in [0, 0.05) is 0 Å². The van der Waals surface area contributed by atoms with Crippen LogP contribution < -0.4 is 15.4 Å². The molecule has 0 bridgehead atoms. The van der Waals surface area contributed by atoms with E-state index in [1.165, 1.54) is 24.3 Å². The molecule has 9 nitrogen and oxygen atoms in total. The van der Waals surface area contributed by atoms with E-state index in [1.54, 1.807) is 6.92 Å². The van der Waals surface area contributed by atoms with Crippen molar-refractivity contribution in [2.75, 3.05) is 18.5 Å². The zero-order valence-electron chi connectivity index (χ0n) is 15.4. The van der Waals surface area contributed by atoms with Crippen molar-refractivity contribution in [1.82, 2.24) is 10.2 Å². The second kappa shape index (κ2) is 8.02. The Morgan fingerprint density at radius 3 is 2.66 bits per heavy atom. The highest BCUT2D eigenvalue weighted by atomic mass is 19.3. The van der Waals surface area contributed by atoms with Gasteiger partial charge in [-0.05, 0) is 37.8 Å². The monoisotopic (exact) mass is 411 g/mol. The lowest BCUT2D eigenvalue weighted by molar-refractivity contribution is -0.150. The van der Waals surface area contributed by atoms with Gasteiger partial charge in [0.1, 0.15) is 17.8 Å². The summed E-state index contributed by atoms with van der Waals surface area (Å²) in [5.41, 5.74) is -1.05. The number of rotatable bonds is 8. The normalized spacial score (nSPS) is 21.2. The van der Waals surface area contributed by atoms with E-state index in [4.69, 9.17) is 4.74 Å². The number of carbonyl (C=O) groups is 4. The quantitative estimate of drug-likeness (QED) is 0.495. The maximum atomic E-state index is 12.4. The fourth-order valence-corrected chi connectivity index (χ4v) is 3.07. The predicted octanol–water partition coefficient (Wildman–Crippen LogP) is 1.49. The number of alkyl halides is 2. The van der Waals surface area contributed by atoms with Crippen LogP contribution in [0.4, 0.5) is 19.3 Å². The largest absolute Gasteiger partial charge is 0.454 e. The Bertz CT molecular complexity index is 845. The first-order valence-corrected chi connectivity index (χ1v) is 8.84. The highest BCUT2D eigenvalue weighted by Gasteiger charge is 2.56. The molecule has 4 amide bonds. The third-order valence-electron chi connectivity index (χ3n) is 4.72. The van der Waals surface area contributed by atoms with E-state index in [2.05, 4.69) is 15.4 Å².